The molecule has 1 unspecified atom stereocenters. The Morgan fingerprint density at radius 1 is 0.854 bits per heavy atom. The molecule has 4 aromatic rings. The van der Waals surface area contributed by atoms with Crippen LogP contribution in [-0.2, 0) is 31.9 Å². The molecule has 0 spiro atoms. The molecule has 0 bridgehead atoms. The SMILES string of the molecule is O=S(=O)(CCOC(c1cccc2cc[nH]c12)C1CCN(CCc2ccc(F)cc2)CC1)OCCc1ccc(F)cc1. The first-order valence-corrected chi connectivity index (χ1v) is 15.7. The fourth-order valence-electron chi connectivity index (χ4n) is 5.52. The van der Waals surface area contributed by atoms with Gasteiger partial charge in [-0.1, -0.05) is 42.5 Å². The topological polar surface area (TPSA) is 71.6 Å². The molecule has 1 atom stereocenters. The van der Waals surface area contributed by atoms with Gasteiger partial charge in [-0.25, -0.2) is 8.78 Å². The van der Waals surface area contributed by atoms with Crippen LogP contribution in [-0.4, -0.2) is 56.9 Å². The first-order valence-electron chi connectivity index (χ1n) is 14.1. The monoisotopic (exact) mass is 582 g/mol. The summed E-state index contributed by atoms with van der Waals surface area (Å²) in [4.78, 5) is 5.75. The maximum absolute atomic E-state index is 13.2. The van der Waals surface area contributed by atoms with Crippen molar-refractivity contribution in [1.29, 1.82) is 0 Å². The van der Waals surface area contributed by atoms with Crippen molar-refractivity contribution in [3.63, 3.8) is 0 Å². The number of fused-ring (bicyclic) bond motifs is 1. The Bertz CT molecular complexity index is 1500. The number of para-hydroxylation sites is 1. The van der Waals surface area contributed by atoms with Gasteiger partial charge in [0.05, 0.1) is 30.6 Å². The second-order valence-electron chi connectivity index (χ2n) is 10.6. The molecule has 1 saturated heterocycles. The van der Waals surface area contributed by atoms with Crippen LogP contribution in [0.3, 0.4) is 0 Å². The zero-order valence-electron chi connectivity index (χ0n) is 23.0. The quantitative estimate of drug-likeness (QED) is 0.195. The van der Waals surface area contributed by atoms with Crippen LogP contribution in [0.1, 0.15) is 35.6 Å². The highest BCUT2D eigenvalue weighted by molar-refractivity contribution is 7.86. The fourth-order valence-corrected chi connectivity index (χ4v) is 6.27. The highest BCUT2D eigenvalue weighted by Crippen LogP contribution is 2.37. The van der Waals surface area contributed by atoms with Gasteiger partial charge in [-0.2, -0.15) is 8.42 Å². The summed E-state index contributed by atoms with van der Waals surface area (Å²) in [5, 5.41) is 1.09. The summed E-state index contributed by atoms with van der Waals surface area (Å²) in [5.41, 5.74) is 3.97. The van der Waals surface area contributed by atoms with E-state index in [1.165, 1.54) is 24.3 Å². The number of nitrogens with one attached hydrogen (secondary N) is 1. The maximum atomic E-state index is 13.2. The molecule has 41 heavy (non-hydrogen) atoms. The van der Waals surface area contributed by atoms with Crippen molar-refractivity contribution < 1.29 is 26.1 Å². The zero-order chi connectivity index (χ0) is 28.7. The van der Waals surface area contributed by atoms with E-state index in [4.69, 9.17) is 8.92 Å². The van der Waals surface area contributed by atoms with Crippen LogP contribution in [0.25, 0.3) is 10.9 Å². The summed E-state index contributed by atoms with van der Waals surface area (Å²) in [6.45, 7) is 2.75. The Morgan fingerprint density at radius 2 is 1.51 bits per heavy atom. The van der Waals surface area contributed by atoms with Crippen molar-refractivity contribution in [3.05, 3.63) is 107 Å². The fraction of sp³-hybridized carbons (Fsp3) is 0.375. The van der Waals surface area contributed by atoms with Crippen LogP contribution >= 0.6 is 0 Å². The lowest BCUT2D eigenvalue weighted by molar-refractivity contribution is -0.00396. The lowest BCUT2D eigenvalue weighted by Crippen LogP contribution is -2.37. The van der Waals surface area contributed by atoms with Gasteiger partial charge in [-0.3, -0.25) is 4.18 Å². The Hall–Kier alpha value is -3.11. The largest absolute Gasteiger partial charge is 0.372 e. The molecular formula is C32H36F2N2O4S. The average molecular weight is 583 g/mol. The average Bonchev–Trinajstić information content (AvgIpc) is 3.46. The van der Waals surface area contributed by atoms with Crippen LogP contribution in [0.5, 0.6) is 0 Å². The number of H-pyrrole nitrogens is 1. The summed E-state index contributed by atoms with van der Waals surface area (Å²) in [7, 11) is -3.78. The van der Waals surface area contributed by atoms with Gasteiger partial charge in [0.2, 0.25) is 0 Å². The highest BCUT2D eigenvalue weighted by atomic mass is 32.2. The summed E-state index contributed by atoms with van der Waals surface area (Å²) in [6, 6.07) is 20.7. The predicted molar refractivity (Wildman–Crippen MR) is 156 cm³/mol. The van der Waals surface area contributed by atoms with Crippen molar-refractivity contribution in [2.75, 3.05) is 38.6 Å². The molecule has 0 saturated carbocycles. The lowest BCUT2D eigenvalue weighted by Gasteiger charge is -2.36. The summed E-state index contributed by atoms with van der Waals surface area (Å²) in [5.74, 6) is -0.570. The number of hydrogen-bond acceptors (Lipinski definition) is 5. The molecule has 2 heterocycles. The van der Waals surface area contributed by atoms with Crippen LogP contribution in [0.2, 0.25) is 0 Å². The minimum Gasteiger partial charge on any atom is -0.372 e. The van der Waals surface area contributed by atoms with Gasteiger partial charge in [0.1, 0.15) is 11.6 Å². The van der Waals surface area contributed by atoms with Crippen LogP contribution in [0.15, 0.2) is 79.0 Å². The number of aromatic amines is 1. The standard InChI is InChI=1S/C32H36F2N2O4S/c33-28-8-4-24(5-9-28)13-18-36-19-14-27(15-20-36)32(30-3-1-2-26-12-17-35-31(26)30)39-22-23-41(37,38)40-21-16-25-6-10-29(34)11-7-25/h1-12,17,27,32,35H,13-16,18-23H2. The zero-order valence-corrected chi connectivity index (χ0v) is 23.8. The van der Waals surface area contributed by atoms with E-state index in [1.54, 1.807) is 12.1 Å². The Morgan fingerprint density at radius 3 is 2.20 bits per heavy atom. The predicted octanol–water partition coefficient (Wildman–Crippen LogP) is 6.05. The summed E-state index contributed by atoms with van der Waals surface area (Å²) in [6.07, 6.45) is 4.73. The van der Waals surface area contributed by atoms with Gasteiger partial charge < -0.3 is 14.6 Å². The lowest BCUT2D eigenvalue weighted by atomic mass is 9.86. The summed E-state index contributed by atoms with van der Waals surface area (Å²) >= 11 is 0. The van der Waals surface area contributed by atoms with E-state index in [9.17, 15) is 17.2 Å². The molecule has 218 valence electrons. The number of rotatable bonds is 13. The first-order chi connectivity index (χ1) is 19.9. The Kier molecular flexibility index (Phi) is 9.82. The molecule has 1 fully saturated rings. The number of hydrogen-bond donors (Lipinski definition) is 1. The van der Waals surface area contributed by atoms with E-state index in [0.29, 0.717) is 6.42 Å². The molecule has 9 heteroatoms. The third kappa shape index (κ3) is 8.23. The molecule has 3 aromatic carbocycles. The van der Waals surface area contributed by atoms with E-state index < -0.39 is 10.1 Å². The summed E-state index contributed by atoms with van der Waals surface area (Å²) < 4.78 is 63.1. The van der Waals surface area contributed by atoms with Crippen molar-refractivity contribution in [2.24, 2.45) is 5.92 Å². The van der Waals surface area contributed by atoms with E-state index in [2.05, 4.69) is 16.0 Å². The minimum atomic E-state index is -3.78. The highest BCUT2D eigenvalue weighted by Gasteiger charge is 2.30. The van der Waals surface area contributed by atoms with Gasteiger partial charge in [0.25, 0.3) is 10.1 Å². The number of benzene rings is 3. The second kappa shape index (κ2) is 13.7. The van der Waals surface area contributed by atoms with Crippen molar-refractivity contribution >= 4 is 21.0 Å². The van der Waals surface area contributed by atoms with Crippen molar-refractivity contribution in [3.8, 4) is 0 Å². The molecule has 1 aliphatic rings. The van der Waals surface area contributed by atoms with Crippen LogP contribution in [0.4, 0.5) is 8.78 Å². The molecular weight excluding hydrogens is 546 g/mol. The number of nitrogens with zero attached hydrogens (tertiary/aromatic N) is 1. The van der Waals surface area contributed by atoms with Crippen molar-refractivity contribution in [2.45, 2.75) is 31.8 Å². The number of halogens is 2. The van der Waals surface area contributed by atoms with E-state index >= 15 is 0 Å². The van der Waals surface area contributed by atoms with Gasteiger partial charge in [-0.05, 0) is 91.5 Å². The van der Waals surface area contributed by atoms with E-state index in [-0.39, 0.29) is 42.6 Å². The third-order valence-corrected chi connectivity index (χ3v) is 9.01. The van der Waals surface area contributed by atoms with Gasteiger partial charge in [0.15, 0.2) is 0 Å². The van der Waals surface area contributed by atoms with Gasteiger partial charge in [-0.15, -0.1) is 0 Å². The molecule has 1 aromatic heterocycles. The minimum absolute atomic E-state index is 0.00441. The normalized spacial score (nSPS) is 15.9. The van der Waals surface area contributed by atoms with Crippen LogP contribution < -0.4 is 0 Å². The van der Waals surface area contributed by atoms with Crippen molar-refractivity contribution in [1.82, 2.24) is 9.88 Å². The maximum Gasteiger partial charge on any atom is 0.269 e. The van der Waals surface area contributed by atoms with E-state index in [1.807, 2.05) is 36.5 Å². The number of ether oxygens (including phenoxy) is 1. The molecule has 0 radical (unpaired) electrons. The third-order valence-electron chi connectivity index (χ3n) is 7.81. The number of aromatic nitrogens is 1. The molecule has 1 aliphatic heterocycles. The molecule has 5 rings (SSSR count). The smallest absolute Gasteiger partial charge is 0.269 e. The molecule has 0 aliphatic carbocycles. The Balaban J connectivity index is 1.17. The Labute approximate surface area is 240 Å². The van der Waals surface area contributed by atoms with Gasteiger partial charge in [0, 0.05) is 18.3 Å². The molecule has 6 nitrogen and oxygen atoms in total. The van der Waals surface area contributed by atoms with Crippen LogP contribution in [0, 0.1) is 17.6 Å². The molecule has 0 amide bonds. The second-order valence-corrected chi connectivity index (χ2v) is 12.4. The number of likely N-dealkylation sites (tertiary alicyclic amines) is 1. The first kappa shape index (κ1) is 29.4. The van der Waals surface area contributed by atoms with Gasteiger partial charge >= 0.3 is 0 Å². The number of piperidine rings is 1. The molecule has 1 N–H and O–H groups in total. The van der Waals surface area contributed by atoms with E-state index in [0.717, 1.165) is 66.5 Å².